The van der Waals surface area contributed by atoms with Gasteiger partial charge in [-0.2, -0.15) is 0 Å². The standard InChI is InChI=1S/C22H20N4O3/c1-14-24-25-20(29-14)13-26(2)22(27)19-10-5-7-15-16(8-4-9-17(15)19)18-11-6-12-23-21(18)28-3/h4-12H,13H2,1-3H3. The molecule has 29 heavy (non-hydrogen) atoms. The molecule has 2 aromatic carbocycles. The van der Waals surface area contributed by atoms with Crippen molar-refractivity contribution in [1.82, 2.24) is 20.1 Å². The van der Waals surface area contributed by atoms with E-state index in [4.69, 9.17) is 9.15 Å². The zero-order chi connectivity index (χ0) is 20.4. The number of methoxy groups -OCH3 is 1. The fraction of sp³-hybridized carbons (Fsp3) is 0.182. The third-order valence-corrected chi connectivity index (χ3v) is 4.69. The molecule has 2 aromatic heterocycles. The second-order valence-corrected chi connectivity index (χ2v) is 6.64. The van der Waals surface area contributed by atoms with Crippen LogP contribution >= 0.6 is 0 Å². The summed E-state index contributed by atoms with van der Waals surface area (Å²) < 4.78 is 10.8. The van der Waals surface area contributed by atoms with Crippen molar-refractivity contribution in [3.05, 3.63) is 72.1 Å². The van der Waals surface area contributed by atoms with Crippen LogP contribution in [0.1, 0.15) is 22.1 Å². The lowest BCUT2D eigenvalue weighted by atomic mass is 9.95. The first-order valence-electron chi connectivity index (χ1n) is 9.14. The summed E-state index contributed by atoms with van der Waals surface area (Å²) >= 11 is 0. The number of carbonyl (C=O) groups excluding carboxylic acids is 1. The zero-order valence-electron chi connectivity index (χ0n) is 16.4. The van der Waals surface area contributed by atoms with E-state index in [0.717, 1.165) is 21.9 Å². The summed E-state index contributed by atoms with van der Waals surface area (Å²) in [4.78, 5) is 19.0. The van der Waals surface area contributed by atoms with Crippen LogP contribution in [0.4, 0.5) is 0 Å². The summed E-state index contributed by atoms with van der Waals surface area (Å²) in [6.45, 7) is 1.96. The molecule has 7 nitrogen and oxygen atoms in total. The summed E-state index contributed by atoms with van der Waals surface area (Å²) in [7, 11) is 3.31. The largest absolute Gasteiger partial charge is 0.481 e. The van der Waals surface area contributed by atoms with Crippen LogP contribution in [0.2, 0.25) is 0 Å². The Balaban J connectivity index is 1.76. The van der Waals surface area contributed by atoms with Crippen LogP contribution < -0.4 is 4.74 Å². The molecule has 146 valence electrons. The Labute approximate surface area is 168 Å². The van der Waals surface area contributed by atoms with Crippen molar-refractivity contribution in [3.8, 4) is 17.0 Å². The summed E-state index contributed by atoms with van der Waals surface area (Å²) in [6.07, 6.45) is 1.69. The quantitative estimate of drug-likeness (QED) is 0.516. The van der Waals surface area contributed by atoms with Crippen molar-refractivity contribution in [3.63, 3.8) is 0 Å². The number of aryl methyl sites for hydroxylation is 1. The zero-order valence-corrected chi connectivity index (χ0v) is 16.4. The minimum absolute atomic E-state index is 0.123. The Bertz CT molecular complexity index is 1190. The van der Waals surface area contributed by atoms with Crippen molar-refractivity contribution < 1.29 is 13.9 Å². The normalized spacial score (nSPS) is 10.9. The number of ether oxygens (including phenoxy) is 1. The van der Waals surface area contributed by atoms with Crippen LogP contribution in [-0.4, -0.2) is 40.1 Å². The lowest BCUT2D eigenvalue weighted by Crippen LogP contribution is -2.26. The molecule has 2 heterocycles. The van der Waals surface area contributed by atoms with E-state index < -0.39 is 0 Å². The van der Waals surface area contributed by atoms with Gasteiger partial charge in [0, 0.05) is 31.3 Å². The number of nitrogens with zero attached hydrogens (tertiary/aromatic N) is 4. The van der Waals surface area contributed by atoms with Gasteiger partial charge in [0.1, 0.15) is 0 Å². The monoisotopic (exact) mass is 388 g/mol. The van der Waals surface area contributed by atoms with Crippen LogP contribution in [-0.2, 0) is 6.54 Å². The van der Waals surface area contributed by atoms with Gasteiger partial charge in [-0.3, -0.25) is 4.79 Å². The summed E-state index contributed by atoms with van der Waals surface area (Å²) in [5.74, 6) is 1.29. The number of fused-ring (bicyclic) bond motifs is 1. The molecule has 7 heteroatoms. The maximum absolute atomic E-state index is 13.1. The first-order chi connectivity index (χ1) is 14.1. The molecule has 1 amide bonds. The number of carbonyl (C=O) groups is 1. The van der Waals surface area contributed by atoms with Gasteiger partial charge in [0.05, 0.1) is 13.7 Å². The maximum Gasteiger partial charge on any atom is 0.254 e. The molecule has 0 aliphatic heterocycles. The number of benzene rings is 2. The first kappa shape index (κ1) is 18.6. The highest BCUT2D eigenvalue weighted by atomic mass is 16.5. The molecule has 0 aliphatic carbocycles. The summed E-state index contributed by atoms with van der Waals surface area (Å²) in [6, 6.07) is 15.4. The Morgan fingerprint density at radius 1 is 1.03 bits per heavy atom. The van der Waals surface area contributed by atoms with Crippen LogP contribution in [0, 0.1) is 6.92 Å². The Morgan fingerprint density at radius 3 is 2.55 bits per heavy atom. The van der Waals surface area contributed by atoms with E-state index in [-0.39, 0.29) is 12.5 Å². The topological polar surface area (TPSA) is 81.4 Å². The highest BCUT2D eigenvalue weighted by molar-refractivity contribution is 6.10. The molecule has 0 N–H and O–H groups in total. The minimum Gasteiger partial charge on any atom is -0.481 e. The molecule has 0 saturated heterocycles. The molecular formula is C22H20N4O3. The summed E-state index contributed by atoms with van der Waals surface area (Å²) in [5.41, 5.74) is 2.43. The highest BCUT2D eigenvalue weighted by Crippen LogP contribution is 2.34. The van der Waals surface area contributed by atoms with Gasteiger partial charge in [-0.25, -0.2) is 4.98 Å². The molecule has 0 radical (unpaired) electrons. The van der Waals surface area contributed by atoms with Crippen LogP contribution in [0.3, 0.4) is 0 Å². The second kappa shape index (κ2) is 7.71. The smallest absolute Gasteiger partial charge is 0.254 e. The third-order valence-electron chi connectivity index (χ3n) is 4.69. The molecule has 4 rings (SSSR count). The molecule has 4 aromatic rings. The molecule has 0 fully saturated rings. The average molecular weight is 388 g/mol. The molecule has 0 unspecified atom stereocenters. The Kier molecular flexibility index (Phi) is 4.95. The SMILES string of the molecule is COc1ncccc1-c1cccc2c(C(=O)N(C)Cc3nnc(C)o3)cccc12. The molecule has 0 saturated carbocycles. The van der Waals surface area contributed by atoms with E-state index in [9.17, 15) is 4.79 Å². The molecule has 0 atom stereocenters. The predicted octanol–water partition coefficient (Wildman–Crippen LogP) is 3.87. The Hall–Kier alpha value is -3.74. The van der Waals surface area contributed by atoms with Crippen LogP contribution in [0.25, 0.3) is 21.9 Å². The lowest BCUT2D eigenvalue weighted by molar-refractivity contribution is 0.0774. The number of hydrogen-bond acceptors (Lipinski definition) is 6. The van der Waals surface area contributed by atoms with Gasteiger partial charge >= 0.3 is 0 Å². The minimum atomic E-state index is -0.123. The maximum atomic E-state index is 13.1. The van der Waals surface area contributed by atoms with Crippen molar-refractivity contribution in [2.24, 2.45) is 0 Å². The van der Waals surface area contributed by atoms with Crippen molar-refractivity contribution in [2.75, 3.05) is 14.2 Å². The number of pyridine rings is 1. The highest BCUT2D eigenvalue weighted by Gasteiger charge is 2.19. The average Bonchev–Trinajstić information content (AvgIpc) is 3.16. The van der Waals surface area contributed by atoms with Crippen LogP contribution in [0.15, 0.2) is 59.1 Å². The number of aromatic nitrogens is 3. The fourth-order valence-electron chi connectivity index (χ4n) is 3.37. The number of rotatable bonds is 5. The van der Waals surface area contributed by atoms with E-state index in [1.807, 2.05) is 48.5 Å². The molecular weight excluding hydrogens is 368 g/mol. The first-order valence-corrected chi connectivity index (χ1v) is 9.14. The van der Waals surface area contributed by atoms with Crippen molar-refractivity contribution >= 4 is 16.7 Å². The van der Waals surface area contributed by atoms with E-state index in [0.29, 0.717) is 23.2 Å². The number of hydrogen-bond donors (Lipinski definition) is 0. The van der Waals surface area contributed by atoms with Crippen LogP contribution in [0.5, 0.6) is 5.88 Å². The van der Waals surface area contributed by atoms with Crippen molar-refractivity contribution in [1.29, 1.82) is 0 Å². The summed E-state index contributed by atoms with van der Waals surface area (Å²) in [5, 5.41) is 9.58. The van der Waals surface area contributed by atoms with Gasteiger partial charge in [0.25, 0.3) is 5.91 Å². The van der Waals surface area contributed by atoms with Gasteiger partial charge < -0.3 is 14.1 Å². The van der Waals surface area contributed by atoms with E-state index in [1.54, 1.807) is 32.2 Å². The predicted molar refractivity (Wildman–Crippen MR) is 109 cm³/mol. The lowest BCUT2D eigenvalue weighted by Gasteiger charge is -2.17. The Morgan fingerprint density at radius 2 is 1.79 bits per heavy atom. The van der Waals surface area contributed by atoms with Gasteiger partial charge in [-0.05, 0) is 34.5 Å². The fourth-order valence-corrected chi connectivity index (χ4v) is 3.37. The van der Waals surface area contributed by atoms with Gasteiger partial charge in [0.2, 0.25) is 17.7 Å². The van der Waals surface area contributed by atoms with Gasteiger partial charge in [-0.1, -0.05) is 30.3 Å². The molecule has 0 bridgehead atoms. The second-order valence-electron chi connectivity index (χ2n) is 6.64. The van der Waals surface area contributed by atoms with Gasteiger partial charge in [-0.15, -0.1) is 10.2 Å². The van der Waals surface area contributed by atoms with E-state index >= 15 is 0 Å². The molecule has 0 spiro atoms. The van der Waals surface area contributed by atoms with E-state index in [2.05, 4.69) is 15.2 Å². The number of amides is 1. The van der Waals surface area contributed by atoms with Crippen molar-refractivity contribution in [2.45, 2.75) is 13.5 Å². The third kappa shape index (κ3) is 3.54. The van der Waals surface area contributed by atoms with E-state index in [1.165, 1.54) is 0 Å². The van der Waals surface area contributed by atoms with Gasteiger partial charge in [0.15, 0.2) is 0 Å². The molecule has 0 aliphatic rings.